The molecule has 0 aliphatic carbocycles. The van der Waals surface area contributed by atoms with Gasteiger partial charge in [-0.2, -0.15) is 5.10 Å². The summed E-state index contributed by atoms with van der Waals surface area (Å²) in [5.41, 5.74) is 1.63. The monoisotopic (exact) mass is 281 g/mol. The first kappa shape index (κ1) is 13.7. The molecule has 0 radical (unpaired) electrons. The van der Waals surface area contributed by atoms with Crippen LogP contribution in [0.2, 0.25) is 5.02 Å². The van der Waals surface area contributed by atoms with Crippen LogP contribution in [0.3, 0.4) is 0 Å². The third kappa shape index (κ3) is 2.81. The lowest BCUT2D eigenvalue weighted by atomic mass is 10.1. The number of ketones is 1. The maximum atomic E-state index is 12.7. The highest BCUT2D eigenvalue weighted by atomic mass is 35.5. The van der Waals surface area contributed by atoms with Gasteiger partial charge in [0.1, 0.15) is 11.5 Å². The Morgan fingerprint density at radius 3 is 2.74 bits per heavy atom. The van der Waals surface area contributed by atoms with Crippen LogP contribution in [0.25, 0.3) is 0 Å². The first-order chi connectivity index (χ1) is 9.02. The number of hydrogen-bond donors (Lipinski definition) is 0. The largest absolute Gasteiger partial charge is 0.292 e. The van der Waals surface area contributed by atoms with Crippen LogP contribution in [-0.2, 0) is 19.9 Å². The first-order valence-electron chi connectivity index (χ1n) is 5.88. The van der Waals surface area contributed by atoms with Gasteiger partial charge in [-0.25, -0.2) is 4.39 Å². The molecule has 0 unspecified atom stereocenters. The van der Waals surface area contributed by atoms with E-state index in [4.69, 9.17) is 11.6 Å². The number of nitrogens with zero attached hydrogens (tertiary/aromatic N) is 3. The van der Waals surface area contributed by atoms with E-state index >= 15 is 0 Å². The van der Waals surface area contributed by atoms with Gasteiger partial charge in [0.15, 0.2) is 5.78 Å². The van der Waals surface area contributed by atoms with Crippen molar-refractivity contribution in [3.05, 3.63) is 46.3 Å². The molecule has 0 bridgehead atoms. The van der Waals surface area contributed by atoms with Crippen molar-refractivity contribution in [2.24, 2.45) is 7.05 Å². The fraction of sp³-hybridized carbons (Fsp3) is 0.308. The van der Waals surface area contributed by atoms with Crippen molar-refractivity contribution in [2.75, 3.05) is 0 Å². The van der Waals surface area contributed by atoms with E-state index in [1.807, 2.05) is 6.92 Å². The van der Waals surface area contributed by atoms with Gasteiger partial charge in [0, 0.05) is 7.05 Å². The summed E-state index contributed by atoms with van der Waals surface area (Å²) in [5, 5.41) is 4.76. The summed E-state index contributed by atoms with van der Waals surface area (Å²) >= 11 is 6.17. The molecule has 0 amide bonds. The fourth-order valence-electron chi connectivity index (χ4n) is 1.80. The number of carbonyl (C=O) groups is 1. The molecule has 0 saturated carbocycles. The summed E-state index contributed by atoms with van der Waals surface area (Å²) in [6.07, 6.45) is 1.83. The average molecular weight is 282 g/mol. The highest BCUT2D eigenvalue weighted by molar-refractivity contribution is 6.32. The van der Waals surface area contributed by atoms with Crippen LogP contribution in [0.4, 0.5) is 4.39 Å². The van der Waals surface area contributed by atoms with Gasteiger partial charge in [0.05, 0.1) is 29.0 Å². The maximum absolute atomic E-state index is 12.7. The molecule has 4 nitrogen and oxygen atoms in total. The Hall–Kier alpha value is -1.75. The molecule has 6 heteroatoms. The van der Waals surface area contributed by atoms with Crippen LogP contribution in [0.5, 0.6) is 0 Å². The number of hydrogen-bond acceptors (Lipinski definition) is 3. The number of halogens is 2. The van der Waals surface area contributed by atoms with Crippen LogP contribution in [0, 0.1) is 5.82 Å². The number of rotatable bonds is 4. The zero-order valence-electron chi connectivity index (χ0n) is 10.7. The molecule has 0 N–H and O–H groups in total. The van der Waals surface area contributed by atoms with Gasteiger partial charge >= 0.3 is 0 Å². The number of pyridine rings is 1. The maximum Gasteiger partial charge on any atom is 0.187 e. The van der Waals surface area contributed by atoms with Gasteiger partial charge < -0.3 is 0 Å². The molecule has 2 aromatic rings. The van der Waals surface area contributed by atoms with Gasteiger partial charge in [0.2, 0.25) is 0 Å². The van der Waals surface area contributed by atoms with Crippen molar-refractivity contribution in [2.45, 2.75) is 19.8 Å². The van der Waals surface area contributed by atoms with Gasteiger partial charge in [-0.3, -0.25) is 14.5 Å². The van der Waals surface area contributed by atoms with E-state index in [9.17, 15) is 9.18 Å². The van der Waals surface area contributed by atoms with Gasteiger partial charge in [-0.15, -0.1) is 0 Å². The standard InChI is InChI=1S/C13H13ClFN3O/c1-3-9-13(14)11(18(2)17-9)6-12(19)10-5-4-8(15)7-16-10/h4-5,7H,3,6H2,1-2H3. The quantitative estimate of drug-likeness (QED) is 0.809. The number of Topliss-reactive ketones (excluding diaryl/α,β-unsaturated/α-hetero) is 1. The Labute approximate surface area is 115 Å². The van der Waals surface area contributed by atoms with Gasteiger partial charge in [-0.1, -0.05) is 18.5 Å². The smallest absolute Gasteiger partial charge is 0.187 e. The second kappa shape index (κ2) is 5.48. The summed E-state index contributed by atoms with van der Waals surface area (Å²) in [6.45, 7) is 1.95. The molecule has 2 aromatic heterocycles. The second-order valence-corrected chi connectivity index (χ2v) is 4.52. The molecule has 2 heterocycles. The van der Waals surface area contributed by atoms with Gasteiger partial charge in [-0.05, 0) is 18.6 Å². The predicted octanol–water partition coefficient (Wildman–Crippen LogP) is 2.60. The highest BCUT2D eigenvalue weighted by Crippen LogP contribution is 2.22. The van der Waals surface area contributed by atoms with Crippen LogP contribution < -0.4 is 0 Å². The first-order valence-corrected chi connectivity index (χ1v) is 6.25. The zero-order chi connectivity index (χ0) is 14.0. The van der Waals surface area contributed by atoms with E-state index in [2.05, 4.69) is 10.1 Å². The molecule has 0 aromatic carbocycles. The molecule has 0 aliphatic rings. The lowest BCUT2D eigenvalue weighted by Crippen LogP contribution is -2.10. The van der Waals surface area contributed by atoms with E-state index < -0.39 is 5.82 Å². The normalized spacial score (nSPS) is 10.7. The third-order valence-corrected chi connectivity index (χ3v) is 3.28. The zero-order valence-corrected chi connectivity index (χ0v) is 11.4. The van der Waals surface area contributed by atoms with Crippen molar-refractivity contribution < 1.29 is 9.18 Å². The average Bonchev–Trinajstić information content (AvgIpc) is 2.67. The Morgan fingerprint density at radius 2 is 2.21 bits per heavy atom. The minimum atomic E-state index is -0.469. The molecule has 2 rings (SSSR count). The summed E-state index contributed by atoms with van der Waals surface area (Å²) in [5.74, 6) is -0.684. The molecule has 0 saturated heterocycles. The summed E-state index contributed by atoms with van der Waals surface area (Å²) in [6, 6.07) is 2.57. The molecule has 0 spiro atoms. The van der Waals surface area contributed by atoms with Crippen LogP contribution >= 0.6 is 11.6 Å². The Morgan fingerprint density at radius 1 is 1.47 bits per heavy atom. The van der Waals surface area contributed by atoms with Crippen molar-refractivity contribution >= 4 is 17.4 Å². The summed E-state index contributed by atoms with van der Waals surface area (Å²) < 4.78 is 14.3. The summed E-state index contributed by atoms with van der Waals surface area (Å²) in [7, 11) is 1.74. The Bertz CT molecular complexity index is 607. The van der Waals surface area contributed by atoms with E-state index in [-0.39, 0.29) is 17.9 Å². The number of aryl methyl sites for hydroxylation is 2. The predicted molar refractivity (Wildman–Crippen MR) is 69.8 cm³/mol. The van der Waals surface area contributed by atoms with E-state index in [0.29, 0.717) is 17.1 Å². The SMILES string of the molecule is CCc1nn(C)c(CC(=O)c2ccc(F)cn2)c1Cl. The third-order valence-electron chi connectivity index (χ3n) is 2.84. The lowest BCUT2D eigenvalue weighted by molar-refractivity contribution is 0.0986. The number of carbonyl (C=O) groups excluding carboxylic acids is 1. The van der Waals surface area contributed by atoms with E-state index in [1.54, 1.807) is 11.7 Å². The highest BCUT2D eigenvalue weighted by Gasteiger charge is 2.17. The van der Waals surface area contributed by atoms with Crippen molar-refractivity contribution in [1.82, 2.24) is 14.8 Å². The molecular weight excluding hydrogens is 269 g/mol. The second-order valence-electron chi connectivity index (χ2n) is 4.15. The molecule has 0 fully saturated rings. The van der Waals surface area contributed by atoms with Crippen molar-refractivity contribution in [3.8, 4) is 0 Å². The topological polar surface area (TPSA) is 47.8 Å². The van der Waals surface area contributed by atoms with Crippen LogP contribution in [0.15, 0.2) is 18.3 Å². The Kier molecular flexibility index (Phi) is 3.95. The van der Waals surface area contributed by atoms with Crippen molar-refractivity contribution in [1.29, 1.82) is 0 Å². The summed E-state index contributed by atoms with van der Waals surface area (Å²) in [4.78, 5) is 15.8. The van der Waals surface area contributed by atoms with Crippen LogP contribution in [-0.4, -0.2) is 20.5 Å². The minimum Gasteiger partial charge on any atom is -0.292 e. The molecule has 100 valence electrons. The van der Waals surface area contributed by atoms with Crippen LogP contribution in [0.1, 0.15) is 28.8 Å². The molecular formula is C13H13ClFN3O. The fourth-order valence-corrected chi connectivity index (χ4v) is 2.16. The lowest BCUT2D eigenvalue weighted by Gasteiger charge is -2.02. The van der Waals surface area contributed by atoms with Gasteiger partial charge in [0.25, 0.3) is 0 Å². The Balaban J connectivity index is 2.24. The minimum absolute atomic E-state index is 0.0982. The van der Waals surface area contributed by atoms with E-state index in [1.165, 1.54) is 12.1 Å². The number of aromatic nitrogens is 3. The van der Waals surface area contributed by atoms with E-state index in [0.717, 1.165) is 11.9 Å². The van der Waals surface area contributed by atoms with Crippen molar-refractivity contribution in [3.63, 3.8) is 0 Å². The molecule has 0 atom stereocenters. The molecule has 0 aliphatic heterocycles. The molecule has 19 heavy (non-hydrogen) atoms.